The topological polar surface area (TPSA) is 86.7 Å². The highest BCUT2D eigenvalue weighted by Crippen LogP contribution is 2.51. The van der Waals surface area contributed by atoms with Gasteiger partial charge in [-0.25, -0.2) is 14.0 Å². The van der Waals surface area contributed by atoms with Crippen LogP contribution in [0.3, 0.4) is 0 Å². The molecule has 0 spiro atoms. The van der Waals surface area contributed by atoms with E-state index in [0.29, 0.717) is 26.7 Å². The minimum Gasteiger partial charge on any atom is -0.480 e. The molecule has 38 heavy (non-hydrogen) atoms. The summed E-state index contributed by atoms with van der Waals surface area (Å²) in [5, 5.41) is 15.5. The van der Waals surface area contributed by atoms with Gasteiger partial charge in [-0.15, -0.1) is 11.3 Å². The molecule has 1 saturated heterocycles. The lowest BCUT2D eigenvalue weighted by Crippen LogP contribution is -2.45. The van der Waals surface area contributed by atoms with Crippen LogP contribution in [0.2, 0.25) is 5.02 Å². The van der Waals surface area contributed by atoms with Crippen molar-refractivity contribution < 1.29 is 23.9 Å². The van der Waals surface area contributed by atoms with Crippen molar-refractivity contribution in [2.24, 2.45) is 5.92 Å². The summed E-state index contributed by atoms with van der Waals surface area (Å²) in [6, 6.07) is 21.0. The molecule has 0 aliphatic carbocycles. The lowest BCUT2D eigenvalue weighted by Gasteiger charge is -2.30. The number of anilines is 1. The van der Waals surface area contributed by atoms with Gasteiger partial charge in [-0.2, -0.15) is 0 Å². The molecule has 5 rings (SSSR count). The number of carbonyl (C=O) groups is 3. The molecule has 192 valence electrons. The van der Waals surface area contributed by atoms with Crippen molar-refractivity contribution in [1.82, 2.24) is 4.90 Å². The number of nitrogens with zero attached hydrogens (tertiary/aromatic N) is 1. The normalized spacial score (nSPS) is 20.7. The number of Topliss-reactive ketones (excluding diaryl/α,β-unsaturated/α-hetero) is 1. The number of hydrogen-bond donors (Lipinski definition) is 2. The molecule has 0 saturated carbocycles. The van der Waals surface area contributed by atoms with E-state index in [1.165, 1.54) is 40.5 Å². The SMILES string of the molecule is O=C(c1cccs1)C1C(c2ccc(Cl)cc2)C(C(=O)O)N(C(=O)Nc2ccccc2)C1c1ccc(F)cc1. The second kappa shape index (κ2) is 10.8. The largest absolute Gasteiger partial charge is 0.480 e. The summed E-state index contributed by atoms with van der Waals surface area (Å²) in [6.07, 6.45) is 0. The second-order valence-electron chi connectivity index (χ2n) is 8.93. The van der Waals surface area contributed by atoms with E-state index in [1.54, 1.807) is 72.1 Å². The van der Waals surface area contributed by atoms with Crippen LogP contribution in [0.1, 0.15) is 32.8 Å². The maximum atomic E-state index is 14.1. The summed E-state index contributed by atoms with van der Waals surface area (Å²) in [4.78, 5) is 42.4. The van der Waals surface area contributed by atoms with E-state index >= 15 is 0 Å². The van der Waals surface area contributed by atoms with E-state index in [4.69, 9.17) is 11.6 Å². The second-order valence-corrected chi connectivity index (χ2v) is 10.3. The maximum absolute atomic E-state index is 14.1. The lowest BCUT2D eigenvalue weighted by molar-refractivity contribution is -0.142. The van der Waals surface area contributed by atoms with E-state index in [0.717, 1.165) is 0 Å². The number of ketones is 1. The molecule has 2 N–H and O–H groups in total. The Balaban J connectivity index is 1.71. The fourth-order valence-corrected chi connectivity index (χ4v) is 5.98. The average Bonchev–Trinajstić information content (AvgIpc) is 3.57. The standard InChI is InChI=1S/C29H22ClFN2O4S/c30-19-12-8-17(9-13-19)23-24(27(34)22-7-4-16-38-22)25(18-10-14-20(31)15-11-18)33(26(23)28(35)36)29(37)32-21-5-2-1-3-6-21/h1-16,23-26H,(H,32,37)(H,35,36). The van der Waals surface area contributed by atoms with Gasteiger partial charge in [0.15, 0.2) is 5.78 Å². The number of thiophene rings is 1. The molecule has 4 unspecified atom stereocenters. The van der Waals surface area contributed by atoms with Crippen LogP contribution in [0.4, 0.5) is 14.9 Å². The zero-order valence-corrected chi connectivity index (χ0v) is 21.4. The van der Waals surface area contributed by atoms with Gasteiger partial charge in [-0.3, -0.25) is 4.79 Å². The van der Waals surface area contributed by atoms with E-state index < -0.39 is 41.7 Å². The van der Waals surface area contributed by atoms with E-state index in [9.17, 15) is 23.9 Å². The number of hydrogen-bond acceptors (Lipinski definition) is 4. The molecule has 1 aromatic heterocycles. The molecule has 2 heterocycles. The quantitative estimate of drug-likeness (QED) is 0.258. The lowest BCUT2D eigenvalue weighted by atomic mass is 9.77. The van der Waals surface area contributed by atoms with Crippen molar-refractivity contribution in [2.45, 2.75) is 18.0 Å². The van der Waals surface area contributed by atoms with Crippen molar-refractivity contribution in [1.29, 1.82) is 0 Å². The van der Waals surface area contributed by atoms with Gasteiger partial charge in [0.1, 0.15) is 11.9 Å². The number of halogens is 2. The number of rotatable bonds is 6. The maximum Gasteiger partial charge on any atom is 0.327 e. The van der Waals surface area contributed by atoms with Gasteiger partial charge in [-0.05, 0) is 59.0 Å². The van der Waals surface area contributed by atoms with Gasteiger partial charge in [0, 0.05) is 16.6 Å². The van der Waals surface area contributed by atoms with Crippen LogP contribution < -0.4 is 5.32 Å². The summed E-state index contributed by atoms with van der Waals surface area (Å²) in [7, 11) is 0. The summed E-state index contributed by atoms with van der Waals surface area (Å²) in [5.74, 6) is -3.92. The van der Waals surface area contributed by atoms with Crippen LogP contribution in [0.15, 0.2) is 96.4 Å². The number of carboxylic acids is 1. The molecule has 1 aliphatic heterocycles. The molecule has 1 aliphatic rings. The van der Waals surface area contributed by atoms with E-state index in [-0.39, 0.29) is 5.78 Å². The van der Waals surface area contributed by atoms with Crippen LogP contribution in [0.5, 0.6) is 0 Å². The number of carboxylic acid groups (broad SMARTS) is 1. The number of amides is 2. The number of benzene rings is 3. The van der Waals surface area contributed by atoms with Crippen LogP contribution in [0.25, 0.3) is 0 Å². The average molecular weight is 549 g/mol. The predicted octanol–water partition coefficient (Wildman–Crippen LogP) is 6.87. The minimum atomic E-state index is -1.40. The third kappa shape index (κ3) is 4.92. The highest BCUT2D eigenvalue weighted by molar-refractivity contribution is 7.12. The molecule has 9 heteroatoms. The number of carbonyl (C=O) groups excluding carboxylic acids is 2. The number of nitrogens with one attached hydrogen (secondary N) is 1. The zero-order chi connectivity index (χ0) is 26.8. The van der Waals surface area contributed by atoms with Crippen molar-refractivity contribution in [2.75, 3.05) is 5.32 Å². The molecular weight excluding hydrogens is 527 g/mol. The van der Waals surface area contributed by atoms with Crippen molar-refractivity contribution in [3.05, 3.63) is 123 Å². The summed E-state index contributed by atoms with van der Waals surface area (Å²) >= 11 is 7.36. The van der Waals surface area contributed by atoms with Crippen LogP contribution in [0, 0.1) is 11.7 Å². The Hall–Kier alpha value is -4.01. The number of aliphatic carboxylic acids is 1. The van der Waals surface area contributed by atoms with Crippen LogP contribution >= 0.6 is 22.9 Å². The Morgan fingerprint density at radius 2 is 1.53 bits per heavy atom. The third-order valence-corrected chi connectivity index (χ3v) is 7.85. The van der Waals surface area contributed by atoms with Crippen molar-refractivity contribution >= 4 is 46.4 Å². The first-order valence-electron chi connectivity index (χ1n) is 11.8. The Morgan fingerprint density at radius 1 is 0.868 bits per heavy atom. The molecule has 0 radical (unpaired) electrons. The predicted molar refractivity (Wildman–Crippen MR) is 144 cm³/mol. The third-order valence-electron chi connectivity index (χ3n) is 6.71. The van der Waals surface area contributed by atoms with Gasteiger partial charge in [0.05, 0.1) is 16.8 Å². The first-order valence-corrected chi connectivity index (χ1v) is 13.1. The number of para-hydroxylation sites is 1. The summed E-state index contributed by atoms with van der Waals surface area (Å²) in [6.45, 7) is 0. The Bertz CT molecular complexity index is 1450. The van der Waals surface area contributed by atoms with Gasteiger partial charge in [0.25, 0.3) is 0 Å². The Kier molecular flexibility index (Phi) is 7.26. The van der Waals surface area contributed by atoms with Crippen LogP contribution in [-0.2, 0) is 4.79 Å². The molecule has 6 nitrogen and oxygen atoms in total. The fraction of sp³-hybridized carbons (Fsp3) is 0.138. The van der Waals surface area contributed by atoms with Crippen LogP contribution in [-0.4, -0.2) is 33.8 Å². The molecule has 4 atom stereocenters. The summed E-state index contributed by atoms with van der Waals surface area (Å²) < 4.78 is 13.9. The fourth-order valence-electron chi connectivity index (χ4n) is 5.14. The number of likely N-dealkylation sites (tertiary alicyclic amines) is 1. The minimum absolute atomic E-state index is 0.296. The molecule has 0 bridgehead atoms. The smallest absolute Gasteiger partial charge is 0.327 e. The van der Waals surface area contributed by atoms with Crippen molar-refractivity contribution in [3.8, 4) is 0 Å². The zero-order valence-electron chi connectivity index (χ0n) is 19.8. The Labute approximate surface area is 227 Å². The van der Waals surface area contributed by atoms with Gasteiger partial charge in [0.2, 0.25) is 0 Å². The monoisotopic (exact) mass is 548 g/mol. The molecule has 3 aromatic carbocycles. The molecular formula is C29H22ClFN2O4S. The molecule has 4 aromatic rings. The Morgan fingerprint density at radius 3 is 2.13 bits per heavy atom. The van der Waals surface area contributed by atoms with Gasteiger partial charge < -0.3 is 15.3 Å². The molecule has 1 fully saturated rings. The highest BCUT2D eigenvalue weighted by Gasteiger charge is 2.57. The first-order chi connectivity index (χ1) is 18.3. The van der Waals surface area contributed by atoms with E-state index in [1.807, 2.05) is 0 Å². The first kappa shape index (κ1) is 25.6. The van der Waals surface area contributed by atoms with Gasteiger partial charge in [-0.1, -0.05) is 60.1 Å². The van der Waals surface area contributed by atoms with Crippen molar-refractivity contribution in [3.63, 3.8) is 0 Å². The highest BCUT2D eigenvalue weighted by atomic mass is 35.5. The molecule has 2 amide bonds. The number of urea groups is 1. The summed E-state index contributed by atoms with van der Waals surface area (Å²) in [5.41, 5.74) is 1.47. The van der Waals surface area contributed by atoms with Gasteiger partial charge >= 0.3 is 12.0 Å². The van der Waals surface area contributed by atoms with E-state index in [2.05, 4.69) is 5.32 Å².